The minimum absolute atomic E-state index is 0.504. The molecule has 2 unspecified atom stereocenters. The van der Waals surface area contributed by atoms with Crippen molar-refractivity contribution in [1.29, 1.82) is 0 Å². The molecule has 1 aromatic rings. The summed E-state index contributed by atoms with van der Waals surface area (Å²) in [5.41, 5.74) is 1.20. The highest BCUT2D eigenvalue weighted by atomic mass is 127. The van der Waals surface area contributed by atoms with E-state index >= 15 is 0 Å². The van der Waals surface area contributed by atoms with Crippen molar-refractivity contribution in [2.45, 2.75) is 32.7 Å². The van der Waals surface area contributed by atoms with Gasteiger partial charge in [0.25, 0.3) is 0 Å². The molecule has 19 heavy (non-hydrogen) atoms. The van der Waals surface area contributed by atoms with E-state index in [1.165, 1.54) is 41.7 Å². The molecule has 4 heteroatoms. The van der Waals surface area contributed by atoms with Crippen LogP contribution in [0.3, 0.4) is 0 Å². The number of hydrogen-bond donors (Lipinski definition) is 1. The summed E-state index contributed by atoms with van der Waals surface area (Å²) in [6.45, 7) is 8.20. The van der Waals surface area contributed by atoms with Gasteiger partial charge in [-0.05, 0) is 79.6 Å². The minimum atomic E-state index is 0.504. The van der Waals surface area contributed by atoms with Crippen LogP contribution in [0.15, 0.2) is 18.2 Å². The van der Waals surface area contributed by atoms with E-state index in [0.29, 0.717) is 6.04 Å². The smallest absolute Gasteiger partial charge is 0.0479 e. The van der Waals surface area contributed by atoms with Crippen molar-refractivity contribution >= 4 is 39.9 Å². The van der Waals surface area contributed by atoms with E-state index in [1.54, 1.807) is 0 Å². The molecule has 1 heterocycles. The van der Waals surface area contributed by atoms with Gasteiger partial charge in [0.1, 0.15) is 0 Å². The van der Waals surface area contributed by atoms with Gasteiger partial charge in [0.05, 0.1) is 0 Å². The van der Waals surface area contributed by atoms with E-state index in [-0.39, 0.29) is 0 Å². The molecule has 2 rings (SSSR count). The number of rotatable bonds is 4. The van der Waals surface area contributed by atoms with Crippen LogP contribution in [-0.2, 0) is 0 Å². The van der Waals surface area contributed by atoms with Crippen LogP contribution in [0, 0.1) is 9.49 Å². The predicted octanol–water partition coefficient (Wildman–Crippen LogP) is 4.48. The molecule has 2 nitrogen and oxygen atoms in total. The zero-order valence-corrected chi connectivity index (χ0v) is 14.5. The van der Waals surface area contributed by atoms with Crippen LogP contribution >= 0.6 is 34.2 Å². The summed E-state index contributed by atoms with van der Waals surface area (Å²) in [4.78, 5) is 2.55. The monoisotopic (exact) mass is 392 g/mol. The van der Waals surface area contributed by atoms with Gasteiger partial charge < -0.3 is 10.2 Å². The van der Waals surface area contributed by atoms with Crippen molar-refractivity contribution in [3.05, 3.63) is 26.8 Å². The van der Waals surface area contributed by atoms with E-state index in [2.05, 4.69) is 52.7 Å². The Morgan fingerprint density at radius 2 is 2.32 bits per heavy atom. The summed E-state index contributed by atoms with van der Waals surface area (Å²) in [5.74, 6) is 0.736. The van der Waals surface area contributed by atoms with Gasteiger partial charge in [-0.2, -0.15) is 0 Å². The standard InChI is InChI=1S/C15H22ClIN2/c1-3-19-8-4-5-12(10-19)11(2)18-15-7-6-13(16)9-14(15)17/h6-7,9,11-12,18H,3-5,8,10H2,1-2H3. The van der Waals surface area contributed by atoms with Crippen molar-refractivity contribution in [1.82, 2.24) is 4.90 Å². The Balaban J connectivity index is 1.98. The fourth-order valence-corrected chi connectivity index (χ4v) is 3.78. The maximum atomic E-state index is 6.00. The lowest BCUT2D eigenvalue weighted by Crippen LogP contribution is -2.41. The highest BCUT2D eigenvalue weighted by molar-refractivity contribution is 14.1. The molecule has 0 spiro atoms. The van der Waals surface area contributed by atoms with E-state index in [4.69, 9.17) is 11.6 Å². The summed E-state index contributed by atoms with van der Waals surface area (Å²) in [5, 5.41) is 4.46. The Morgan fingerprint density at radius 3 is 3.00 bits per heavy atom. The third-order valence-corrected chi connectivity index (χ3v) is 5.14. The lowest BCUT2D eigenvalue weighted by Gasteiger charge is -2.36. The molecule has 2 atom stereocenters. The lowest BCUT2D eigenvalue weighted by atomic mass is 9.91. The molecule has 0 aliphatic carbocycles. The van der Waals surface area contributed by atoms with Crippen LogP contribution in [0.4, 0.5) is 5.69 Å². The third-order valence-electron chi connectivity index (χ3n) is 4.01. The lowest BCUT2D eigenvalue weighted by molar-refractivity contribution is 0.172. The molecule has 1 aromatic carbocycles. The Bertz CT molecular complexity index is 425. The maximum absolute atomic E-state index is 6.00. The van der Waals surface area contributed by atoms with Crippen LogP contribution in [-0.4, -0.2) is 30.6 Å². The normalized spacial score (nSPS) is 22.2. The second-order valence-electron chi connectivity index (χ2n) is 5.35. The highest BCUT2D eigenvalue weighted by Gasteiger charge is 2.24. The maximum Gasteiger partial charge on any atom is 0.0479 e. The Labute approximate surface area is 135 Å². The van der Waals surface area contributed by atoms with Crippen molar-refractivity contribution in [2.75, 3.05) is 25.0 Å². The molecule has 0 aromatic heterocycles. The van der Waals surface area contributed by atoms with E-state index < -0.39 is 0 Å². The summed E-state index contributed by atoms with van der Waals surface area (Å²) < 4.78 is 1.19. The SMILES string of the molecule is CCN1CCCC(C(C)Nc2ccc(Cl)cc2I)C1. The van der Waals surface area contributed by atoms with Gasteiger partial charge in [0, 0.05) is 26.9 Å². The number of piperidine rings is 1. The third kappa shape index (κ3) is 4.23. The summed E-state index contributed by atoms with van der Waals surface area (Å²) >= 11 is 8.35. The predicted molar refractivity (Wildman–Crippen MR) is 92.1 cm³/mol. The molecular weight excluding hydrogens is 371 g/mol. The van der Waals surface area contributed by atoms with E-state index in [1.807, 2.05) is 12.1 Å². The van der Waals surface area contributed by atoms with Crippen LogP contribution < -0.4 is 5.32 Å². The zero-order valence-electron chi connectivity index (χ0n) is 11.6. The molecular formula is C15H22ClIN2. The molecule has 1 fully saturated rings. The largest absolute Gasteiger partial charge is 0.381 e. The number of halogens is 2. The molecule has 1 aliphatic rings. The van der Waals surface area contributed by atoms with E-state index in [0.717, 1.165) is 10.9 Å². The molecule has 0 radical (unpaired) electrons. The Morgan fingerprint density at radius 1 is 1.53 bits per heavy atom. The molecule has 1 N–H and O–H groups in total. The van der Waals surface area contributed by atoms with Crippen LogP contribution in [0.2, 0.25) is 5.02 Å². The van der Waals surface area contributed by atoms with Gasteiger partial charge in [0.15, 0.2) is 0 Å². The van der Waals surface area contributed by atoms with Gasteiger partial charge >= 0.3 is 0 Å². The Hall–Kier alpha value is -0.000000000000000111. The quantitative estimate of drug-likeness (QED) is 0.760. The van der Waals surface area contributed by atoms with E-state index in [9.17, 15) is 0 Å². The first kappa shape index (κ1) is 15.4. The second-order valence-corrected chi connectivity index (χ2v) is 6.95. The first-order chi connectivity index (χ1) is 9.10. The molecule has 0 amide bonds. The van der Waals surface area contributed by atoms with Gasteiger partial charge in [-0.25, -0.2) is 0 Å². The summed E-state index contributed by atoms with van der Waals surface area (Å²) in [6, 6.07) is 6.55. The number of benzene rings is 1. The average molecular weight is 393 g/mol. The zero-order chi connectivity index (χ0) is 13.8. The molecule has 1 aliphatic heterocycles. The fraction of sp³-hybridized carbons (Fsp3) is 0.600. The molecule has 0 bridgehead atoms. The summed E-state index contributed by atoms with van der Waals surface area (Å²) in [7, 11) is 0. The van der Waals surface area contributed by atoms with Gasteiger partial charge in [-0.1, -0.05) is 18.5 Å². The van der Waals surface area contributed by atoms with Crippen molar-refractivity contribution in [3.63, 3.8) is 0 Å². The number of hydrogen-bond acceptors (Lipinski definition) is 2. The number of anilines is 1. The Kier molecular flexibility index (Phi) is 5.78. The van der Waals surface area contributed by atoms with Crippen molar-refractivity contribution in [2.24, 2.45) is 5.92 Å². The second kappa shape index (κ2) is 7.14. The topological polar surface area (TPSA) is 15.3 Å². The molecule has 106 valence electrons. The summed E-state index contributed by atoms with van der Waals surface area (Å²) in [6.07, 6.45) is 2.65. The first-order valence-electron chi connectivity index (χ1n) is 7.04. The first-order valence-corrected chi connectivity index (χ1v) is 8.49. The number of likely N-dealkylation sites (tertiary alicyclic amines) is 1. The number of nitrogens with one attached hydrogen (secondary N) is 1. The van der Waals surface area contributed by atoms with Crippen LogP contribution in [0.1, 0.15) is 26.7 Å². The van der Waals surface area contributed by atoms with Crippen molar-refractivity contribution < 1.29 is 0 Å². The van der Waals surface area contributed by atoms with Gasteiger partial charge in [0.2, 0.25) is 0 Å². The fourth-order valence-electron chi connectivity index (χ4n) is 2.76. The minimum Gasteiger partial charge on any atom is -0.381 e. The molecule has 1 saturated heterocycles. The highest BCUT2D eigenvalue weighted by Crippen LogP contribution is 2.26. The van der Waals surface area contributed by atoms with Crippen molar-refractivity contribution in [3.8, 4) is 0 Å². The number of nitrogens with zero attached hydrogens (tertiary/aromatic N) is 1. The van der Waals surface area contributed by atoms with Gasteiger partial charge in [-0.3, -0.25) is 0 Å². The molecule has 0 saturated carbocycles. The van der Waals surface area contributed by atoms with Gasteiger partial charge in [-0.15, -0.1) is 0 Å². The van der Waals surface area contributed by atoms with Crippen LogP contribution in [0.5, 0.6) is 0 Å². The average Bonchev–Trinajstić information content (AvgIpc) is 2.42. The van der Waals surface area contributed by atoms with Crippen LogP contribution in [0.25, 0.3) is 0 Å².